The lowest BCUT2D eigenvalue weighted by atomic mass is 10.3. The van der Waals surface area contributed by atoms with E-state index in [1.54, 1.807) is 17.4 Å². The van der Waals surface area contributed by atoms with E-state index in [1.165, 1.54) is 0 Å². The summed E-state index contributed by atoms with van der Waals surface area (Å²) in [5.74, 6) is 0.239. The SMILES string of the molecule is Cc1csc(CCNC2=CC(=O)CC2)n1. The van der Waals surface area contributed by atoms with Gasteiger partial charge >= 0.3 is 0 Å². The molecule has 0 fully saturated rings. The molecule has 80 valence electrons. The Labute approximate surface area is 93.2 Å². The fourth-order valence-corrected chi connectivity index (χ4v) is 2.36. The highest BCUT2D eigenvalue weighted by Gasteiger charge is 2.10. The minimum Gasteiger partial charge on any atom is -0.388 e. The number of ketones is 1. The van der Waals surface area contributed by atoms with E-state index in [-0.39, 0.29) is 5.78 Å². The average molecular weight is 222 g/mol. The lowest BCUT2D eigenvalue weighted by Crippen LogP contribution is -2.15. The Bertz CT molecular complexity index is 395. The maximum Gasteiger partial charge on any atom is 0.157 e. The van der Waals surface area contributed by atoms with Crippen molar-refractivity contribution in [2.45, 2.75) is 26.2 Å². The standard InChI is InChI=1S/C11H14N2OS/c1-8-7-15-11(13-8)4-5-12-9-2-3-10(14)6-9/h6-7,12H,2-5H2,1H3. The van der Waals surface area contributed by atoms with Crippen molar-refractivity contribution in [3.63, 3.8) is 0 Å². The van der Waals surface area contributed by atoms with Gasteiger partial charge in [-0.25, -0.2) is 4.98 Å². The molecule has 0 spiro atoms. The number of carbonyl (C=O) groups excluding carboxylic acids is 1. The molecule has 1 aliphatic rings. The Morgan fingerprint density at radius 1 is 1.53 bits per heavy atom. The van der Waals surface area contributed by atoms with Gasteiger partial charge < -0.3 is 5.32 Å². The van der Waals surface area contributed by atoms with Gasteiger partial charge in [0.25, 0.3) is 0 Å². The Hall–Kier alpha value is -1.16. The number of aromatic nitrogens is 1. The highest BCUT2D eigenvalue weighted by atomic mass is 32.1. The molecule has 1 aliphatic carbocycles. The van der Waals surface area contributed by atoms with Crippen LogP contribution in [-0.2, 0) is 11.2 Å². The largest absolute Gasteiger partial charge is 0.388 e. The van der Waals surface area contributed by atoms with Crippen molar-refractivity contribution in [1.29, 1.82) is 0 Å². The maximum absolute atomic E-state index is 11.0. The van der Waals surface area contributed by atoms with Crippen LogP contribution < -0.4 is 5.32 Å². The second kappa shape index (κ2) is 4.57. The summed E-state index contributed by atoms with van der Waals surface area (Å²) in [6, 6.07) is 0. The number of rotatable bonds is 4. The van der Waals surface area contributed by atoms with Gasteiger partial charge in [0, 0.05) is 42.2 Å². The summed E-state index contributed by atoms with van der Waals surface area (Å²) < 4.78 is 0. The van der Waals surface area contributed by atoms with Gasteiger partial charge in [0.15, 0.2) is 5.78 Å². The second-order valence-corrected chi connectivity index (χ2v) is 4.64. The molecule has 1 aromatic heterocycles. The molecule has 15 heavy (non-hydrogen) atoms. The Balaban J connectivity index is 1.75. The molecule has 0 atom stereocenters. The number of nitrogens with one attached hydrogen (secondary N) is 1. The molecule has 0 amide bonds. The van der Waals surface area contributed by atoms with E-state index in [4.69, 9.17) is 0 Å². The molecule has 0 unspecified atom stereocenters. The van der Waals surface area contributed by atoms with E-state index >= 15 is 0 Å². The number of thiazole rings is 1. The molecule has 1 N–H and O–H groups in total. The van der Waals surface area contributed by atoms with Crippen LogP contribution in [0.15, 0.2) is 17.2 Å². The first-order valence-corrected chi connectivity index (χ1v) is 6.00. The molecule has 1 aromatic rings. The summed E-state index contributed by atoms with van der Waals surface area (Å²) in [5, 5.41) is 6.50. The van der Waals surface area contributed by atoms with Crippen molar-refractivity contribution in [1.82, 2.24) is 10.3 Å². The summed E-state index contributed by atoms with van der Waals surface area (Å²) in [6.45, 7) is 2.87. The molecule has 3 nitrogen and oxygen atoms in total. The van der Waals surface area contributed by atoms with Gasteiger partial charge in [0.1, 0.15) is 0 Å². The van der Waals surface area contributed by atoms with Crippen LogP contribution >= 0.6 is 11.3 Å². The number of carbonyl (C=O) groups is 1. The molecule has 0 bridgehead atoms. The Morgan fingerprint density at radius 3 is 3.00 bits per heavy atom. The van der Waals surface area contributed by atoms with Crippen LogP contribution in [0.4, 0.5) is 0 Å². The molecule has 2 rings (SSSR count). The monoisotopic (exact) mass is 222 g/mol. The van der Waals surface area contributed by atoms with Gasteiger partial charge in [0.05, 0.1) is 5.01 Å². The molecule has 1 heterocycles. The van der Waals surface area contributed by atoms with Crippen LogP contribution in [0.2, 0.25) is 0 Å². The Morgan fingerprint density at radius 2 is 2.40 bits per heavy atom. The molecule has 0 aliphatic heterocycles. The van der Waals surface area contributed by atoms with E-state index in [9.17, 15) is 4.79 Å². The van der Waals surface area contributed by atoms with Crippen LogP contribution in [0.3, 0.4) is 0 Å². The molecular formula is C11H14N2OS. The van der Waals surface area contributed by atoms with Crippen LogP contribution in [-0.4, -0.2) is 17.3 Å². The number of aryl methyl sites for hydroxylation is 1. The predicted molar refractivity (Wildman–Crippen MR) is 60.9 cm³/mol. The summed E-state index contributed by atoms with van der Waals surface area (Å²) in [4.78, 5) is 15.3. The Kier molecular flexibility index (Phi) is 3.16. The summed E-state index contributed by atoms with van der Waals surface area (Å²) in [7, 11) is 0. The van der Waals surface area contributed by atoms with E-state index < -0.39 is 0 Å². The van der Waals surface area contributed by atoms with E-state index in [0.717, 1.165) is 35.8 Å². The summed E-state index contributed by atoms with van der Waals surface area (Å²) in [5.41, 5.74) is 2.17. The maximum atomic E-state index is 11.0. The fourth-order valence-electron chi connectivity index (χ4n) is 1.58. The average Bonchev–Trinajstić information content (AvgIpc) is 2.76. The summed E-state index contributed by atoms with van der Waals surface area (Å²) in [6.07, 6.45) is 4.19. The van der Waals surface area contributed by atoms with Gasteiger partial charge in [-0.1, -0.05) is 0 Å². The third-order valence-corrected chi connectivity index (χ3v) is 3.36. The van der Waals surface area contributed by atoms with Gasteiger partial charge in [-0.15, -0.1) is 11.3 Å². The third-order valence-electron chi connectivity index (χ3n) is 2.33. The van der Waals surface area contributed by atoms with Crippen LogP contribution in [0, 0.1) is 6.92 Å². The van der Waals surface area contributed by atoms with Crippen LogP contribution in [0.25, 0.3) is 0 Å². The minimum absolute atomic E-state index is 0.239. The zero-order valence-corrected chi connectivity index (χ0v) is 9.56. The fraction of sp³-hybridized carbons (Fsp3) is 0.455. The number of nitrogens with zero attached hydrogens (tertiary/aromatic N) is 1. The second-order valence-electron chi connectivity index (χ2n) is 3.70. The molecule has 4 heteroatoms. The first-order valence-electron chi connectivity index (χ1n) is 5.12. The first-order chi connectivity index (χ1) is 7.24. The smallest absolute Gasteiger partial charge is 0.157 e. The normalized spacial score (nSPS) is 15.5. The number of hydrogen-bond acceptors (Lipinski definition) is 4. The molecule has 0 saturated carbocycles. The van der Waals surface area contributed by atoms with Crippen LogP contribution in [0.5, 0.6) is 0 Å². The molecule has 0 radical (unpaired) electrons. The van der Waals surface area contributed by atoms with Crippen molar-refractivity contribution in [3.05, 3.63) is 27.9 Å². The van der Waals surface area contributed by atoms with Gasteiger partial charge in [-0.3, -0.25) is 4.79 Å². The lowest BCUT2D eigenvalue weighted by molar-refractivity contribution is -0.114. The topological polar surface area (TPSA) is 42.0 Å². The minimum atomic E-state index is 0.239. The van der Waals surface area contributed by atoms with Crippen LogP contribution in [0.1, 0.15) is 23.5 Å². The zero-order valence-electron chi connectivity index (χ0n) is 8.75. The molecular weight excluding hydrogens is 208 g/mol. The molecule has 0 aromatic carbocycles. The van der Waals surface area contributed by atoms with Gasteiger partial charge in [0.2, 0.25) is 0 Å². The predicted octanol–water partition coefficient (Wildman–Crippen LogP) is 1.83. The van der Waals surface area contributed by atoms with Crippen molar-refractivity contribution >= 4 is 17.1 Å². The van der Waals surface area contributed by atoms with Crippen molar-refractivity contribution in [2.75, 3.05) is 6.54 Å². The van der Waals surface area contributed by atoms with E-state index in [1.807, 2.05) is 6.92 Å². The van der Waals surface area contributed by atoms with Gasteiger partial charge in [-0.05, 0) is 13.3 Å². The first kappa shape index (κ1) is 10.4. The highest BCUT2D eigenvalue weighted by molar-refractivity contribution is 7.09. The number of allylic oxidation sites excluding steroid dienone is 2. The zero-order chi connectivity index (χ0) is 10.7. The highest BCUT2D eigenvalue weighted by Crippen LogP contribution is 2.12. The van der Waals surface area contributed by atoms with Crippen molar-refractivity contribution in [2.24, 2.45) is 0 Å². The molecule has 0 saturated heterocycles. The summed E-state index contributed by atoms with van der Waals surface area (Å²) >= 11 is 1.70. The third kappa shape index (κ3) is 2.89. The quantitative estimate of drug-likeness (QED) is 0.845. The number of hydrogen-bond donors (Lipinski definition) is 1. The van der Waals surface area contributed by atoms with E-state index in [2.05, 4.69) is 15.7 Å². The van der Waals surface area contributed by atoms with E-state index in [0.29, 0.717) is 6.42 Å². The van der Waals surface area contributed by atoms with Gasteiger partial charge in [-0.2, -0.15) is 0 Å². The van der Waals surface area contributed by atoms with Crippen molar-refractivity contribution in [3.8, 4) is 0 Å². The lowest BCUT2D eigenvalue weighted by Gasteiger charge is -2.04. The van der Waals surface area contributed by atoms with Crippen molar-refractivity contribution < 1.29 is 4.79 Å².